The van der Waals surface area contributed by atoms with E-state index >= 15 is 0 Å². The zero-order valence-corrected chi connectivity index (χ0v) is 15.0. The van der Waals surface area contributed by atoms with Crippen molar-refractivity contribution in [1.82, 2.24) is 0 Å². The van der Waals surface area contributed by atoms with Gasteiger partial charge in [-0.3, -0.25) is 4.79 Å². The predicted molar refractivity (Wildman–Crippen MR) is 96.0 cm³/mol. The van der Waals surface area contributed by atoms with Crippen molar-refractivity contribution < 1.29 is 14.3 Å². The van der Waals surface area contributed by atoms with Crippen molar-refractivity contribution in [3.8, 4) is 0 Å². The highest BCUT2D eigenvalue weighted by Gasteiger charge is 2.56. The molecule has 25 heavy (non-hydrogen) atoms. The lowest BCUT2D eigenvalue weighted by Crippen LogP contribution is -2.47. The summed E-state index contributed by atoms with van der Waals surface area (Å²) in [6, 6.07) is 9.26. The molecule has 3 nitrogen and oxygen atoms in total. The molecule has 0 aliphatic heterocycles. The summed E-state index contributed by atoms with van der Waals surface area (Å²) in [5.74, 6) is 1.61. The van der Waals surface area contributed by atoms with Crippen LogP contribution in [0.4, 0.5) is 0 Å². The molecular weight excluding hydrogens is 312 g/mol. The molecule has 1 aromatic rings. The summed E-state index contributed by atoms with van der Waals surface area (Å²) in [5, 5.41) is 0. The van der Waals surface area contributed by atoms with Crippen molar-refractivity contribution in [2.24, 2.45) is 29.1 Å². The van der Waals surface area contributed by atoms with Gasteiger partial charge in [0.2, 0.25) is 0 Å². The van der Waals surface area contributed by atoms with E-state index in [1.807, 2.05) is 30.3 Å². The van der Waals surface area contributed by atoms with Gasteiger partial charge in [0.25, 0.3) is 0 Å². The molecule has 3 aliphatic carbocycles. The minimum atomic E-state index is -0.211. The quantitative estimate of drug-likeness (QED) is 0.749. The molecule has 0 amide bonds. The fourth-order valence-corrected chi connectivity index (χ4v) is 5.57. The maximum Gasteiger partial charge on any atom is 0.338 e. The van der Waals surface area contributed by atoms with Crippen LogP contribution in [-0.4, -0.2) is 17.9 Å². The molecule has 0 spiro atoms. The average Bonchev–Trinajstić information content (AvgIpc) is 2.95. The van der Waals surface area contributed by atoms with Gasteiger partial charge in [-0.05, 0) is 61.6 Å². The van der Waals surface area contributed by atoms with E-state index in [2.05, 4.69) is 19.9 Å². The number of esters is 1. The van der Waals surface area contributed by atoms with Crippen molar-refractivity contribution >= 4 is 11.8 Å². The Balaban J connectivity index is 1.54. The number of ether oxygens (including phenoxy) is 1. The Morgan fingerprint density at radius 3 is 2.68 bits per heavy atom. The highest BCUT2D eigenvalue weighted by molar-refractivity contribution is 5.92. The van der Waals surface area contributed by atoms with E-state index in [4.69, 9.17) is 4.74 Å². The van der Waals surface area contributed by atoms with Crippen LogP contribution in [0.25, 0.3) is 0 Å². The van der Waals surface area contributed by atoms with Gasteiger partial charge < -0.3 is 4.74 Å². The third kappa shape index (κ3) is 2.65. The first-order valence-corrected chi connectivity index (χ1v) is 9.49. The Hall–Kier alpha value is -1.90. The Labute approximate surface area is 149 Å². The summed E-state index contributed by atoms with van der Waals surface area (Å²) in [6.45, 7) is 4.37. The van der Waals surface area contributed by atoms with Gasteiger partial charge in [0.1, 0.15) is 6.10 Å². The van der Waals surface area contributed by atoms with Crippen molar-refractivity contribution in [3.63, 3.8) is 0 Å². The Kier molecular flexibility index (Phi) is 4.05. The minimum Gasteiger partial charge on any atom is -0.458 e. The topological polar surface area (TPSA) is 43.4 Å². The zero-order valence-electron chi connectivity index (χ0n) is 15.0. The van der Waals surface area contributed by atoms with Crippen molar-refractivity contribution in [2.45, 2.75) is 45.6 Å². The van der Waals surface area contributed by atoms with Crippen LogP contribution in [0.15, 0.2) is 42.5 Å². The molecule has 0 saturated heterocycles. The number of rotatable bonds is 2. The lowest BCUT2D eigenvalue weighted by molar-refractivity contribution is -0.123. The van der Waals surface area contributed by atoms with E-state index in [9.17, 15) is 9.59 Å². The van der Waals surface area contributed by atoms with Crippen molar-refractivity contribution in [3.05, 3.63) is 48.0 Å². The molecule has 0 heterocycles. The van der Waals surface area contributed by atoms with E-state index in [0.29, 0.717) is 23.3 Å². The fraction of sp³-hybridized carbons (Fsp3) is 0.545. The molecule has 4 rings (SSSR count). The van der Waals surface area contributed by atoms with Gasteiger partial charge in [0, 0.05) is 11.3 Å². The molecule has 3 aliphatic rings. The Morgan fingerprint density at radius 1 is 1.16 bits per heavy atom. The summed E-state index contributed by atoms with van der Waals surface area (Å²) in [5.41, 5.74) is 0.649. The summed E-state index contributed by atoms with van der Waals surface area (Å²) in [6.07, 6.45) is 8.02. The van der Waals surface area contributed by atoms with E-state index < -0.39 is 0 Å². The van der Waals surface area contributed by atoms with Crippen LogP contribution in [0.1, 0.15) is 49.9 Å². The Bertz CT molecular complexity index is 707. The number of hydrogen-bond acceptors (Lipinski definition) is 3. The second-order valence-corrected chi connectivity index (χ2v) is 8.28. The number of carbonyl (C=O) groups excluding carboxylic acids is 2. The lowest BCUT2D eigenvalue weighted by Gasteiger charge is -2.49. The summed E-state index contributed by atoms with van der Waals surface area (Å²) < 4.78 is 5.97. The first kappa shape index (κ1) is 16.6. The molecule has 6 unspecified atom stereocenters. The van der Waals surface area contributed by atoms with E-state index in [-0.39, 0.29) is 29.2 Å². The molecule has 132 valence electrons. The lowest BCUT2D eigenvalue weighted by atomic mass is 9.56. The number of carbonyl (C=O) groups is 2. The monoisotopic (exact) mass is 338 g/mol. The number of ketones is 1. The largest absolute Gasteiger partial charge is 0.458 e. The standard InChI is InChI=1S/C22H26O3/c1-14-16-12-13-22(2)18(17(16)8-10-19(14)23)9-11-20(22)25-21(24)15-6-4-3-5-7-15/h3-8,10,14,16-18,20H,9,11-13H2,1-2H3. The number of hydrogen-bond donors (Lipinski definition) is 0. The fourth-order valence-electron chi connectivity index (χ4n) is 5.57. The van der Waals surface area contributed by atoms with Crippen LogP contribution in [0.3, 0.4) is 0 Å². The molecule has 1 aromatic carbocycles. The first-order chi connectivity index (χ1) is 12.0. The smallest absolute Gasteiger partial charge is 0.338 e. The average molecular weight is 338 g/mol. The van der Waals surface area contributed by atoms with Crippen molar-refractivity contribution in [2.75, 3.05) is 0 Å². The first-order valence-electron chi connectivity index (χ1n) is 9.49. The van der Waals surface area contributed by atoms with Crippen LogP contribution in [0.5, 0.6) is 0 Å². The summed E-state index contributed by atoms with van der Waals surface area (Å²) in [7, 11) is 0. The summed E-state index contributed by atoms with van der Waals surface area (Å²) >= 11 is 0. The molecule has 6 atom stereocenters. The molecule has 0 radical (unpaired) electrons. The maximum absolute atomic E-state index is 12.5. The molecule has 2 fully saturated rings. The highest BCUT2D eigenvalue weighted by Crippen LogP contribution is 2.59. The van der Waals surface area contributed by atoms with E-state index in [1.165, 1.54) is 0 Å². The third-order valence-corrected chi connectivity index (χ3v) is 7.13. The molecule has 0 N–H and O–H groups in total. The summed E-state index contributed by atoms with van der Waals surface area (Å²) in [4.78, 5) is 24.5. The molecule has 3 heteroatoms. The van der Waals surface area contributed by atoms with Gasteiger partial charge >= 0.3 is 5.97 Å². The molecule has 0 aromatic heterocycles. The van der Waals surface area contributed by atoms with Gasteiger partial charge in [-0.15, -0.1) is 0 Å². The second kappa shape index (κ2) is 6.12. The number of fused-ring (bicyclic) bond motifs is 3. The van der Waals surface area contributed by atoms with Crippen molar-refractivity contribution in [1.29, 1.82) is 0 Å². The van der Waals surface area contributed by atoms with Gasteiger partial charge in [-0.1, -0.05) is 38.1 Å². The van der Waals surface area contributed by atoms with Gasteiger partial charge in [-0.25, -0.2) is 4.79 Å². The van der Waals surface area contributed by atoms with E-state index in [0.717, 1.165) is 25.7 Å². The third-order valence-electron chi connectivity index (χ3n) is 7.13. The maximum atomic E-state index is 12.5. The van der Waals surface area contributed by atoms with Gasteiger partial charge in [-0.2, -0.15) is 0 Å². The number of allylic oxidation sites excluding steroid dienone is 2. The highest BCUT2D eigenvalue weighted by atomic mass is 16.5. The normalized spacial score (nSPS) is 39.6. The second-order valence-electron chi connectivity index (χ2n) is 8.28. The minimum absolute atomic E-state index is 0.0208. The van der Waals surface area contributed by atoms with Gasteiger partial charge in [0.05, 0.1) is 5.56 Å². The van der Waals surface area contributed by atoms with Gasteiger partial charge in [0.15, 0.2) is 5.78 Å². The van der Waals surface area contributed by atoms with Crippen LogP contribution >= 0.6 is 0 Å². The molecule has 2 saturated carbocycles. The number of benzene rings is 1. The zero-order chi connectivity index (χ0) is 17.6. The van der Waals surface area contributed by atoms with Crippen LogP contribution in [-0.2, 0) is 9.53 Å². The van der Waals surface area contributed by atoms with Crippen LogP contribution in [0, 0.1) is 29.1 Å². The SMILES string of the molecule is CC1C(=O)C=CC2C1CCC1(C)C(OC(=O)c3ccccc3)CCC21. The predicted octanol–water partition coefficient (Wildman–Crippen LogP) is 4.43. The Morgan fingerprint density at radius 2 is 1.92 bits per heavy atom. The van der Waals surface area contributed by atoms with E-state index in [1.54, 1.807) is 6.08 Å². The van der Waals surface area contributed by atoms with Crippen LogP contribution < -0.4 is 0 Å². The van der Waals surface area contributed by atoms with Crippen LogP contribution in [0.2, 0.25) is 0 Å². The molecular formula is C22H26O3. The molecule has 0 bridgehead atoms.